The standard InChI is InChI=1S/C20H19ClF3N5O/c1-12(2)29-11-16(20(22,23)24)26-17(29)14-5-3-13(4-6-14)10-28-7-8-30-15-9-25-19(21)27-18(15)28/h3-6,9,11-12H,7-8,10H2,1-2H3. The van der Waals surface area contributed by atoms with Crippen molar-refractivity contribution in [2.24, 2.45) is 0 Å². The summed E-state index contributed by atoms with van der Waals surface area (Å²) in [6.45, 7) is 5.33. The molecule has 0 spiro atoms. The molecule has 6 nitrogen and oxygen atoms in total. The van der Waals surface area contributed by atoms with Crippen LogP contribution in [0.5, 0.6) is 5.75 Å². The maximum absolute atomic E-state index is 13.1. The van der Waals surface area contributed by atoms with Crippen molar-refractivity contribution in [3.63, 3.8) is 0 Å². The van der Waals surface area contributed by atoms with Gasteiger partial charge in [-0.1, -0.05) is 24.3 Å². The van der Waals surface area contributed by atoms with E-state index in [9.17, 15) is 13.2 Å². The van der Waals surface area contributed by atoms with E-state index in [1.54, 1.807) is 18.3 Å². The summed E-state index contributed by atoms with van der Waals surface area (Å²) >= 11 is 5.91. The second kappa shape index (κ2) is 7.79. The van der Waals surface area contributed by atoms with Crippen molar-refractivity contribution in [1.82, 2.24) is 19.5 Å². The quantitative estimate of drug-likeness (QED) is 0.538. The Labute approximate surface area is 176 Å². The van der Waals surface area contributed by atoms with Crippen LogP contribution in [0.4, 0.5) is 19.0 Å². The van der Waals surface area contributed by atoms with Gasteiger partial charge in [0.1, 0.15) is 12.4 Å². The van der Waals surface area contributed by atoms with Gasteiger partial charge in [-0.3, -0.25) is 0 Å². The van der Waals surface area contributed by atoms with E-state index < -0.39 is 11.9 Å². The Bertz CT molecular complexity index is 1050. The van der Waals surface area contributed by atoms with Crippen LogP contribution < -0.4 is 9.64 Å². The van der Waals surface area contributed by atoms with Gasteiger partial charge in [-0.25, -0.2) is 9.97 Å². The predicted molar refractivity (Wildman–Crippen MR) is 107 cm³/mol. The number of anilines is 1. The molecule has 0 unspecified atom stereocenters. The number of hydrogen-bond donors (Lipinski definition) is 0. The summed E-state index contributed by atoms with van der Waals surface area (Å²) in [7, 11) is 0. The molecule has 0 bridgehead atoms. The molecule has 1 aromatic carbocycles. The highest BCUT2D eigenvalue weighted by Gasteiger charge is 2.35. The van der Waals surface area contributed by atoms with Crippen molar-refractivity contribution in [1.29, 1.82) is 0 Å². The van der Waals surface area contributed by atoms with Crippen molar-refractivity contribution in [2.45, 2.75) is 32.6 Å². The monoisotopic (exact) mass is 437 g/mol. The normalized spacial score (nSPS) is 14.0. The lowest BCUT2D eigenvalue weighted by atomic mass is 10.1. The average molecular weight is 438 g/mol. The molecule has 4 rings (SSSR count). The fraction of sp³-hybridized carbons (Fsp3) is 0.350. The molecule has 0 atom stereocenters. The third kappa shape index (κ3) is 4.07. The maximum atomic E-state index is 13.1. The lowest BCUT2D eigenvalue weighted by Gasteiger charge is -2.29. The Hall–Kier alpha value is -2.81. The van der Waals surface area contributed by atoms with E-state index in [2.05, 4.69) is 15.0 Å². The van der Waals surface area contributed by atoms with E-state index >= 15 is 0 Å². The number of nitrogens with zero attached hydrogens (tertiary/aromatic N) is 5. The van der Waals surface area contributed by atoms with Crippen LogP contribution >= 0.6 is 11.6 Å². The van der Waals surface area contributed by atoms with Gasteiger partial charge in [0, 0.05) is 24.3 Å². The van der Waals surface area contributed by atoms with Gasteiger partial charge in [-0.15, -0.1) is 0 Å². The van der Waals surface area contributed by atoms with Crippen molar-refractivity contribution < 1.29 is 17.9 Å². The zero-order chi connectivity index (χ0) is 21.5. The number of halogens is 4. The number of hydrogen-bond acceptors (Lipinski definition) is 5. The zero-order valence-corrected chi connectivity index (χ0v) is 17.1. The largest absolute Gasteiger partial charge is 0.486 e. The molecule has 1 aliphatic heterocycles. The SMILES string of the molecule is CC(C)n1cc(C(F)(F)F)nc1-c1ccc(CN2CCOc3cnc(Cl)nc32)cc1. The first kappa shape index (κ1) is 20.5. The summed E-state index contributed by atoms with van der Waals surface area (Å²) in [5.74, 6) is 1.48. The molecular formula is C20H19ClF3N5O. The number of benzene rings is 1. The predicted octanol–water partition coefficient (Wildman–Crippen LogP) is 4.99. The molecule has 0 saturated heterocycles. The average Bonchev–Trinajstić information content (AvgIpc) is 3.15. The molecule has 3 heterocycles. The van der Waals surface area contributed by atoms with Gasteiger partial charge >= 0.3 is 6.18 Å². The lowest BCUT2D eigenvalue weighted by molar-refractivity contribution is -0.140. The van der Waals surface area contributed by atoms with Gasteiger partial charge in [0.05, 0.1) is 12.7 Å². The second-order valence-corrected chi connectivity index (χ2v) is 7.58. The van der Waals surface area contributed by atoms with E-state index in [0.29, 0.717) is 42.7 Å². The Balaban J connectivity index is 1.59. The number of alkyl halides is 3. The summed E-state index contributed by atoms with van der Waals surface area (Å²) < 4.78 is 46.5. The fourth-order valence-corrected chi connectivity index (χ4v) is 3.44. The summed E-state index contributed by atoms with van der Waals surface area (Å²) in [6.07, 6.45) is -1.88. The molecule has 0 amide bonds. The molecule has 158 valence electrons. The van der Waals surface area contributed by atoms with Crippen molar-refractivity contribution in [2.75, 3.05) is 18.1 Å². The summed E-state index contributed by atoms with van der Waals surface area (Å²) in [6, 6.07) is 7.16. The molecule has 2 aromatic heterocycles. The highest BCUT2D eigenvalue weighted by Crippen LogP contribution is 2.33. The Morgan fingerprint density at radius 3 is 2.57 bits per heavy atom. The van der Waals surface area contributed by atoms with Gasteiger partial charge < -0.3 is 14.2 Å². The minimum atomic E-state index is -4.48. The molecule has 0 fully saturated rings. The molecule has 10 heteroatoms. The molecule has 0 aliphatic carbocycles. The van der Waals surface area contributed by atoms with Crippen LogP contribution in [0, 0.1) is 0 Å². The molecule has 0 N–H and O–H groups in total. The first-order valence-electron chi connectivity index (χ1n) is 9.38. The van der Waals surface area contributed by atoms with Gasteiger partial charge in [-0.2, -0.15) is 18.2 Å². The minimum absolute atomic E-state index is 0.139. The number of ether oxygens (including phenoxy) is 1. The Kier molecular flexibility index (Phi) is 5.31. The van der Waals surface area contributed by atoms with E-state index in [1.165, 1.54) is 4.57 Å². The molecular weight excluding hydrogens is 419 g/mol. The molecule has 0 saturated carbocycles. The number of fused-ring (bicyclic) bond motifs is 1. The van der Waals surface area contributed by atoms with Gasteiger partial charge in [0.2, 0.25) is 5.28 Å². The highest BCUT2D eigenvalue weighted by molar-refractivity contribution is 6.28. The summed E-state index contributed by atoms with van der Waals surface area (Å²) in [4.78, 5) is 14.0. The van der Waals surface area contributed by atoms with E-state index in [4.69, 9.17) is 16.3 Å². The number of rotatable bonds is 4. The first-order valence-corrected chi connectivity index (χ1v) is 9.76. The molecule has 30 heavy (non-hydrogen) atoms. The van der Waals surface area contributed by atoms with E-state index in [0.717, 1.165) is 11.8 Å². The topological polar surface area (TPSA) is 56.1 Å². The molecule has 1 aliphatic rings. The number of aromatic nitrogens is 4. The van der Waals surface area contributed by atoms with Crippen LogP contribution in [0.1, 0.15) is 31.1 Å². The van der Waals surface area contributed by atoms with Crippen molar-refractivity contribution in [3.05, 3.63) is 53.2 Å². The Morgan fingerprint density at radius 1 is 1.17 bits per heavy atom. The molecule has 3 aromatic rings. The highest BCUT2D eigenvalue weighted by atomic mass is 35.5. The fourth-order valence-electron chi connectivity index (χ4n) is 3.31. The van der Waals surface area contributed by atoms with Gasteiger partial charge in [-0.05, 0) is 31.0 Å². The van der Waals surface area contributed by atoms with Crippen molar-refractivity contribution >= 4 is 17.4 Å². The third-order valence-electron chi connectivity index (χ3n) is 4.79. The van der Waals surface area contributed by atoms with Crippen LogP contribution in [0.25, 0.3) is 11.4 Å². The van der Waals surface area contributed by atoms with E-state index in [1.807, 2.05) is 30.9 Å². The lowest BCUT2D eigenvalue weighted by Crippen LogP contribution is -2.33. The summed E-state index contributed by atoms with van der Waals surface area (Å²) in [5.41, 5.74) is 0.701. The van der Waals surface area contributed by atoms with Crippen molar-refractivity contribution in [3.8, 4) is 17.1 Å². The third-order valence-corrected chi connectivity index (χ3v) is 4.97. The summed E-state index contributed by atoms with van der Waals surface area (Å²) in [5, 5.41) is 0.139. The maximum Gasteiger partial charge on any atom is 0.434 e. The smallest absolute Gasteiger partial charge is 0.434 e. The van der Waals surface area contributed by atoms with Gasteiger partial charge in [0.25, 0.3) is 0 Å². The second-order valence-electron chi connectivity index (χ2n) is 7.24. The number of imidazole rings is 1. The van der Waals surface area contributed by atoms with Crippen LogP contribution in [0.2, 0.25) is 5.28 Å². The van der Waals surface area contributed by atoms with Crippen LogP contribution in [0.3, 0.4) is 0 Å². The van der Waals surface area contributed by atoms with Gasteiger partial charge in [0.15, 0.2) is 17.3 Å². The van der Waals surface area contributed by atoms with Crippen LogP contribution in [0.15, 0.2) is 36.7 Å². The van der Waals surface area contributed by atoms with E-state index in [-0.39, 0.29) is 11.3 Å². The molecule has 0 radical (unpaired) electrons. The minimum Gasteiger partial charge on any atom is -0.486 e. The van der Waals surface area contributed by atoms with Crippen LogP contribution in [-0.4, -0.2) is 32.7 Å². The Morgan fingerprint density at radius 2 is 1.90 bits per heavy atom. The first-order chi connectivity index (χ1) is 14.2. The zero-order valence-electron chi connectivity index (χ0n) is 16.3. The van der Waals surface area contributed by atoms with Crippen LogP contribution in [-0.2, 0) is 12.7 Å².